The van der Waals surface area contributed by atoms with Gasteiger partial charge in [0.05, 0.1) is 16.7 Å². The summed E-state index contributed by atoms with van der Waals surface area (Å²) in [6.07, 6.45) is 0. The third-order valence-electron chi connectivity index (χ3n) is 11.2. The summed E-state index contributed by atoms with van der Waals surface area (Å²) in [7, 11) is 0. The van der Waals surface area contributed by atoms with Gasteiger partial charge in [0.1, 0.15) is 11.2 Å². The Morgan fingerprint density at radius 3 is 1.63 bits per heavy atom. The largest absolute Gasteiger partial charge is 0.455 e. The summed E-state index contributed by atoms with van der Waals surface area (Å²) in [6, 6.07) is 78.1. The molecule has 0 atom stereocenters. The van der Waals surface area contributed by atoms with E-state index in [2.05, 4.69) is 222 Å². The number of para-hydroxylation sites is 5. The molecule has 0 N–H and O–H groups in total. The van der Waals surface area contributed by atoms with Crippen molar-refractivity contribution in [3.05, 3.63) is 218 Å². The highest BCUT2D eigenvalue weighted by atomic mass is 16.3. The molecule has 9 aromatic carbocycles. The van der Waals surface area contributed by atoms with Gasteiger partial charge in [-0.05, 0) is 89.0 Å². The average molecular weight is 729 g/mol. The van der Waals surface area contributed by atoms with Gasteiger partial charge in [-0.2, -0.15) is 0 Å². The Balaban J connectivity index is 1.15. The molecule has 0 unspecified atom stereocenters. The molecule has 3 nitrogen and oxygen atoms in total. The smallest absolute Gasteiger partial charge is 0.143 e. The van der Waals surface area contributed by atoms with Gasteiger partial charge in [0.2, 0.25) is 0 Å². The van der Waals surface area contributed by atoms with E-state index in [1.807, 2.05) is 6.07 Å². The number of nitrogens with zero attached hydrogens (tertiary/aromatic N) is 2. The fourth-order valence-corrected chi connectivity index (χ4v) is 8.58. The first-order valence-electron chi connectivity index (χ1n) is 19.4. The molecule has 0 aliphatic carbocycles. The average Bonchev–Trinajstić information content (AvgIpc) is 3.83. The van der Waals surface area contributed by atoms with E-state index in [0.29, 0.717) is 0 Å². The van der Waals surface area contributed by atoms with Crippen LogP contribution in [-0.2, 0) is 0 Å². The molecule has 0 amide bonds. The van der Waals surface area contributed by atoms with E-state index in [9.17, 15) is 0 Å². The maximum absolute atomic E-state index is 6.83. The van der Waals surface area contributed by atoms with Crippen molar-refractivity contribution in [3.8, 4) is 39.1 Å². The van der Waals surface area contributed by atoms with Crippen molar-refractivity contribution >= 4 is 60.8 Å². The van der Waals surface area contributed by atoms with Crippen molar-refractivity contribution in [2.45, 2.75) is 0 Å². The highest BCUT2D eigenvalue weighted by Crippen LogP contribution is 2.46. The van der Waals surface area contributed by atoms with Gasteiger partial charge in [-0.15, -0.1) is 0 Å². The van der Waals surface area contributed by atoms with Gasteiger partial charge >= 0.3 is 0 Å². The molecular weight excluding hydrogens is 693 g/mol. The lowest BCUT2D eigenvalue weighted by molar-refractivity contribution is 0.670. The van der Waals surface area contributed by atoms with Gasteiger partial charge in [0, 0.05) is 49.7 Å². The molecule has 11 aromatic rings. The van der Waals surface area contributed by atoms with Crippen LogP contribution < -0.4 is 4.90 Å². The zero-order valence-electron chi connectivity index (χ0n) is 31.1. The Hall–Kier alpha value is -7.62. The van der Waals surface area contributed by atoms with Gasteiger partial charge in [-0.3, -0.25) is 0 Å². The van der Waals surface area contributed by atoms with Crippen molar-refractivity contribution in [1.29, 1.82) is 0 Å². The van der Waals surface area contributed by atoms with E-state index < -0.39 is 0 Å². The van der Waals surface area contributed by atoms with Gasteiger partial charge in [0.15, 0.2) is 0 Å². The standard InChI is InChI=1S/C54H36N2O/c1-3-17-37(18-4-1)38-19-15-20-39(33-38)40-21-16-24-42(34-40)55(41-22-5-2-6-23-41)43-35-48(54-49(36-43)47-28-10-14-32-53(47)57-54)46-27-9-13-31-52(46)56-50-29-11-7-25-44(50)45-26-8-12-30-51(45)56/h1-36H. The Bertz CT molecular complexity index is 3190. The van der Waals surface area contributed by atoms with Crippen LogP contribution in [-0.4, -0.2) is 4.57 Å². The summed E-state index contributed by atoms with van der Waals surface area (Å²) in [5, 5.41) is 4.62. The van der Waals surface area contributed by atoms with Crippen molar-refractivity contribution in [1.82, 2.24) is 4.57 Å². The summed E-state index contributed by atoms with van der Waals surface area (Å²) in [4.78, 5) is 2.37. The monoisotopic (exact) mass is 728 g/mol. The molecule has 0 saturated carbocycles. The summed E-state index contributed by atoms with van der Waals surface area (Å²) >= 11 is 0. The van der Waals surface area contributed by atoms with Crippen molar-refractivity contribution in [2.24, 2.45) is 0 Å². The fourth-order valence-electron chi connectivity index (χ4n) is 8.58. The van der Waals surface area contributed by atoms with Crippen LogP contribution in [0.3, 0.4) is 0 Å². The summed E-state index contributed by atoms with van der Waals surface area (Å²) < 4.78 is 9.23. The molecule has 2 heterocycles. The lowest BCUT2D eigenvalue weighted by atomic mass is 9.97. The molecule has 3 heteroatoms. The minimum atomic E-state index is 0.867. The first kappa shape index (κ1) is 32.8. The van der Waals surface area contributed by atoms with E-state index >= 15 is 0 Å². The van der Waals surface area contributed by atoms with Crippen LogP contribution in [0.5, 0.6) is 0 Å². The summed E-state index contributed by atoms with van der Waals surface area (Å²) in [5.41, 5.74) is 15.2. The Labute approximate surface area is 330 Å². The first-order chi connectivity index (χ1) is 28.3. The summed E-state index contributed by atoms with van der Waals surface area (Å²) in [5.74, 6) is 0. The molecule has 268 valence electrons. The molecule has 11 rings (SSSR count). The zero-order chi connectivity index (χ0) is 37.7. The predicted octanol–water partition coefficient (Wildman–Crippen LogP) is 15.2. The minimum Gasteiger partial charge on any atom is -0.455 e. The van der Waals surface area contributed by atoms with E-state index in [4.69, 9.17) is 4.42 Å². The number of fused-ring (bicyclic) bond motifs is 6. The van der Waals surface area contributed by atoms with E-state index in [1.54, 1.807) is 0 Å². The highest BCUT2D eigenvalue weighted by molar-refractivity contribution is 6.13. The fraction of sp³-hybridized carbons (Fsp3) is 0. The van der Waals surface area contributed by atoms with E-state index in [-0.39, 0.29) is 0 Å². The SMILES string of the molecule is c1ccc(-c2cccc(-c3cccc(N(c4ccccc4)c4cc(-c5ccccc5-n5c6ccccc6c6ccccc65)c5oc6ccccc6c5c4)c3)c2)cc1. The molecule has 0 aliphatic heterocycles. The number of furan rings is 1. The van der Waals surface area contributed by atoms with Crippen molar-refractivity contribution in [2.75, 3.05) is 4.90 Å². The van der Waals surface area contributed by atoms with Crippen LogP contribution in [0.25, 0.3) is 82.8 Å². The number of rotatable bonds is 7. The lowest BCUT2D eigenvalue weighted by Crippen LogP contribution is -2.10. The topological polar surface area (TPSA) is 21.3 Å². The quantitative estimate of drug-likeness (QED) is 0.163. The second kappa shape index (κ2) is 13.6. The Kier molecular flexibility index (Phi) is 7.82. The molecule has 0 aliphatic rings. The van der Waals surface area contributed by atoms with Crippen LogP contribution in [0.2, 0.25) is 0 Å². The Morgan fingerprint density at radius 2 is 0.877 bits per heavy atom. The molecule has 0 spiro atoms. The number of aromatic nitrogens is 1. The minimum absolute atomic E-state index is 0.867. The van der Waals surface area contributed by atoms with Crippen LogP contribution in [0, 0.1) is 0 Å². The van der Waals surface area contributed by atoms with Crippen LogP contribution in [0.1, 0.15) is 0 Å². The molecular formula is C54H36N2O. The third-order valence-corrected chi connectivity index (χ3v) is 11.2. The second-order valence-corrected chi connectivity index (χ2v) is 14.5. The van der Waals surface area contributed by atoms with Gasteiger partial charge < -0.3 is 13.9 Å². The number of benzene rings is 9. The zero-order valence-corrected chi connectivity index (χ0v) is 31.1. The number of hydrogen-bond acceptors (Lipinski definition) is 2. The van der Waals surface area contributed by atoms with Crippen LogP contribution >= 0.6 is 0 Å². The summed E-state index contributed by atoms with van der Waals surface area (Å²) in [6.45, 7) is 0. The number of anilines is 3. The Morgan fingerprint density at radius 1 is 0.333 bits per heavy atom. The molecule has 57 heavy (non-hydrogen) atoms. The van der Waals surface area contributed by atoms with Crippen molar-refractivity contribution < 1.29 is 4.42 Å². The van der Waals surface area contributed by atoms with E-state index in [1.165, 1.54) is 38.5 Å². The molecule has 2 aromatic heterocycles. The maximum atomic E-state index is 6.83. The van der Waals surface area contributed by atoms with Crippen LogP contribution in [0.15, 0.2) is 223 Å². The third kappa shape index (κ3) is 5.60. The lowest BCUT2D eigenvalue weighted by Gasteiger charge is -2.27. The van der Waals surface area contributed by atoms with Gasteiger partial charge in [-0.1, -0.05) is 152 Å². The van der Waals surface area contributed by atoms with Gasteiger partial charge in [0.25, 0.3) is 0 Å². The molecule has 0 bridgehead atoms. The second-order valence-electron chi connectivity index (χ2n) is 14.5. The highest BCUT2D eigenvalue weighted by Gasteiger charge is 2.23. The first-order valence-corrected chi connectivity index (χ1v) is 19.4. The van der Waals surface area contributed by atoms with Crippen molar-refractivity contribution in [3.63, 3.8) is 0 Å². The molecule has 0 fully saturated rings. The van der Waals surface area contributed by atoms with Crippen LogP contribution in [0.4, 0.5) is 17.1 Å². The van der Waals surface area contributed by atoms with Gasteiger partial charge in [-0.25, -0.2) is 0 Å². The maximum Gasteiger partial charge on any atom is 0.143 e. The van der Waals surface area contributed by atoms with E-state index in [0.717, 1.165) is 61.4 Å². The number of hydrogen-bond donors (Lipinski definition) is 0. The molecule has 0 saturated heterocycles. The molecule has 0 radical (unpaired) electrons. The predicted molar refractivity (Wildman–Crippen MR) is 239 cm³/mol. The normalized spacial score (nSPS) is 11.5.